The van der Waals surface area contributed by atoms with Gasteiger partial charge in [0.25, 0.3) is 5.56 Å². The molecule has 9 heteroatoms. The Morgan fingerprint density at radius 2 is 1.91 bits per heavy atom. The molecule has 0 bridgehead atoms. The summed E-state index contributed by atoms with van der Waals surface area (Å²) in [6.07, 6.45) is 8.50. The number of anilines is 2. The van der Waals surface area contributed by atoms with E-state index in [1.807, 2.05) is 60.2 Å². The highest BCUT2D eigenvalue weighted by atomic mass is 32.1. The van der Waals surface area contributed by atoms with E-state index in [0.717, 1.165) is 46.5 Å². The first-order valence-electron chi connectivity index (χ1n) is 10.6. The molecule has 5 heterocycles. The van der Waals surface area contributed by atoms with Gasteiger partial charge in [-0.05, 0) is 66.4 Å². The lowest BCUT2D eigenvalue weighted by Gasteiger charge is -2.15. The van der Waals surface area contributed by atoms with Crippen molar-refractivity contribution in [1.29, 1.82) is 0 Å². The lowest BCUT2D eigenvalue weighted by Crippen LogP contribution is -2.22. The van der Waals surface area contributed by atoms with Crippen LogP contribution in [-0.4, -0.2) is 36.2 Å². The Morgan fingerprint density at radius 3 is 2.75 bits per heavy atom. The fourth-order valence-electron chi connectivity index (χ4n) is 4.30. The smallest absolute Gasteiger partial charge is 0.273 e. The minimum absolute atomic E-state index is 0.00901. The van der Waals surface area contributed by atoms with Crippen LogP contribution in [0.1, 0.15) is 19.3 Å². The number of rotatable bonds is 5. The van der Waals surface area contributed by atoms with Gasteiger partial charge in [-0.1, -0.05) is 6.07 Å². The van der Waals surface area contributed by atoms with Gasteiger partial charge in [0.2, 0.25) is 5.95 Å². The summed E-state index contributed by atoms with van der Waals surface area (Å²) in [6, 6.07) is 14.3. The molecule has 0 amide bonds. The van der Waals surface area contributed by atoms with E-state index in [1.165, 1.54) is 11.3 Å². The average Bonchev–Trinajstić information content (AvgIpc) is 3.54. The maximum absolute atomic E-state index is 12.7. The van der Waals surface area contributed by atoms with Crippen molar-refractivity contribution in [2.75, 3.05) is 10.6 Å². The zero-order valence-electron chi connectivity index (χ0n) is 17.2. The number of aromatic nitrogens is 5. The van der Waals surface area contributed by atoms with E-state index < -0.39 is 0 Å². The normalized spacial score (nSPS) is 18.4. The fraction of sp³-hybridized carbons (Fsp3) is 0.217. The van der Waals surface area contributed by atoms with Crippen LogP contribution in [0.3, 0.4) is 0 Å². The minimum atomic E-state index is -0.00901. The van der Waals surface area contributed by atoms with Crippen LogP contribution in [0.2, 0.25) is 0 Å². The average molecular weight is 444 g/mol. The third-order valence-electron chi connectivity index (χ3n) is 5.90. The lowest BCUT2D eigenvalue weighted by molar-refractivity contribution is 0.716. The van der Waals surface area contributed by atoms with Gasteiger partial charge >= 0.3 is 0 Å². The predicted octanol–water partition coefficient (Wildman–Crippen LogP) is 3.94. The highest BCUT2D eigenvalue weighted by molar-refractivity contribution is 7.17. The minimum Gasteiger partial charge on any atom is -0.367 e. The Balaban J connectivity index is 1.11. The molecule has 1 saturated carbocycles. The number of thiophene rings is 1. The zero-order valence-corrected chi connectivity index (χ0v) is 18.0. The first-order chi connectivity index (χ1) is 15.7. The molecule has 0 aliphatic heterocycles. The molecular formula is C23H21N7OS. The SMILES string of the molecule is O=c1c2sccc2ccn1-c1ccc(N[C@H]2CC[C@H](Nc3nc4ccccn4n3)C2)nc1. The van der Waals surface area contributed by atoms with Crippen LogP contribution in [0.5, 0.6) is 0 Å². The summed E-state index contributed by atoms with van der Waals surface area (Å²) in [7, 11) is 0. The van der Waals surface area contributed by atoms with E-state index in [-0.39, 0.29) is 5.56 Å². The molecule has 6 rings (SSSR count). The second kappa shape index (κ2) is 7.76. The topological polar surface area (TPSA) is 89.1 Å². The van der Waals surface area contributed by atoms with Crippen LogP contribution in [0.15, 0.2) is 71.2 Å². The Hall–Kier alpha value is -3.72. The van der Waals surface area contributed by atoms with Gasteiger partial charge < -0.3 is 10.6 Å². The Kier molecular flexibility index (Phi) is 4.61. The lowest BCUT2D eigenvalue weighted by atomic mass is 10.2. The van der Waals surface area contributed by atoms with Crippen molar-refractivity contribution in [2.24, 2.45) is 0 Å². The molecule has 0 aromatic carbocycles. The summed E-state index contributed by atoms with van der Waals surface area (Å²) in [6.45, 7) is 0. The summed E-state index contributed by atoms with van der Waals surface area (Å²) in [5.74, 6) is 1.48. The highest BCUT2D eigenvalue weighted by Crippen LogP contribution is 2.25. The standard InChI is InChI=1S/C23H21N7OS/c31-22-21-15(9-12-32-21)8-11-29(22)18-6-7-19(24-14-18)25-16-4-5-17(13-16)26-23-27-20-3-1-2-10-30(20)28-23/h1-3,6-12,14,16-17H,4-5,13H2,(H,24,25)(H,26,28)/t16-,17-/m0/s1. The Labute approximate surface area is 187 Å². The maximum Gasteiger partial charge on any atom is 0.273 e. The fourth-order valence-corrected chi connectivity index (χ4v) is 5.12. The molecule has 1 fully saturated rings. The molecule has 1 aliphatic rings. The first kappa shape index (κ1) is 19.0. The summed E-state index contributed by atoms with van der Waals surface area (Å²) in [4.78, 5) is 21.8. The maximum atomic E-state index is 12.7. The molecule has 0 radical (unpaired) electrons. The van der Waals surface area contributed by atoms with Gasteiger partial charge in [-0.2, -0.15) is 4.98 Å². The molecule has 8 nitrogen and oxygen atoms in total. The number of fused-ring (bicyclic) bond motifs is 2. The van der Waals surface area contributed by atoms with Gasteiger partial charge in [0.05, 0.1) is 11.9 Å². The molecular weight excluding hydrogens is 422 g/mol. The molecule has 160 valence electrons. The van der Waals surface area contributed by atoms with Crippen LogP contribution in [0, 0.1) is 0 Å². The summed E-state index contributed by atoms with van der Waals surface area (Å²) in [5.41, 5.74) is 1.59. The summed E-state index contributed by atoms with van der Waals surface area (Å²) >= 11 is 1.47. The van der Waals surface area contributed by atoms with E-state index in [9.17, 15) is 4.79 Å². The van der Waals surface area contributed by atoms with Crippen molar-refractivity contribution in [3.05, 3.63) is 76.8 Å². The number of hydrogen-bond donors (Lipinski definition) is 2. The van der Waals surface area contributed by atoms with Gasteiger partial charge in [-0.3, -0.25) is 9.36 Å². The number of pyridine rings is 3. The summed E-state index contributed by atoms with van der Waals surface area (Å²) in [5, 5.41) is 14.4. The zero-order chi connectivity index (χ0) is 21.5. The van der Waals surface area contributed by atoms with Crippen LogP contribution < -0.4 is 16.2 Å². The van der Waals surface area contributed by atoms with Crippen molar-refractivity contribution in [1.82, 2.24) is 24.1 Å². The van der Waals surface area contributed by atoms with Crippen molar-refractivity contribution >= 4 is 38.8 Å². The predicted molar refractivity (Wildman–Crippen MR) is 127 cm³/mol. The molecule has 0 unspecified atom stereocenters. The Morgan fingerprint density at radius 1 is 1.00 bits per heavy atom. The number of hydrogen-bond acceptors (Lipinski definition) is 7. The number of nitrogens with zero attached hydrogens (tertiary/aromatic N) is 5. The molecule has 0 spiro atoms. The molecule has 32 heavy (non-hydrogen) atoms. The molecule has 1 aliphatic carbocycles. The molecule has 2 atom stereocenters. The van der Waals surface area contributed by atoms with Gasteiger partial charge in [-0.25, -0.2) is 9.50 Å². The second-order valence-corrected chi connectivity index (χ2v) is 8.95. The molecule has 2 N–H and O–H groups in total. The van der Waals surface area contributed by atoms with E-state index >= 15 is 0 Å². The van der Waals surface area contributed by atoms with Crippen LogP contribution in [0.25, 0.3) is 21.4 Å². The molecule has 5 aromatic heterocycles. The largest absolute Gasteiger partial charge is 0.367 e. The van der Waals surface area contributed by atoms with Gasteiger partial charge in [0, 0.05) is 24.5 Å². The van der Waals surface area contributed by atoms with E-state index in [4.69, 9.17) is 0 Å². The number of nitrogens with one attached hydrogen (secondary N) is 2. The molecule has 0 saturated heterocycles. The summed E-state index contributed by atoms with van der Waals surface area (Å²) < 4.78 is 4.19. The third kappa shape index (κ3) is 3.50. The van der Waals surface area contributed by atoms with Gasteiger partial charge in [-0.15, -0.1) is 16.4 Å². The van der Waals surface area contributed by atoms with Crippen molar-refractivity contribution in [3.63, 3.8) is 0 Å². The highest BCUT2D eigenvalue weighted by Gasteiger charge is 2.25. The van der Waals surface area contributed by atoms with Crippen LogP contribution in [0.4, 0.5) is 11.8 Å². The quantitative estimate of drug-likeness (QED) is 0.428. The second-order valence-electron chi connectivity index (χ2n) is 8.03. The first-order valence-corrected chi connectivity index (χ1v) is 11.5. The van der Waals surface area contributed by atoms with Crippen LogP contribution in [-0.2, 0) is 0 Å². The van der Waals surface area contributed by atoms with Crippen molar-refractivity contribution in [2.45, 2.75) is 31.3 Å². The van der Waals surface area contributed by atoms with Crippen LogP contribution >= 0.6 is 11.3 Å². The van der Waals surface area contributed by atoms with Crippen molar-refractivity contribution in [3.8, 4) is 5.69 Å². The van der Waals surface area contributed by atoms with E-state index in [0.29, 0.717) is 18.0 Å². The van der Waals surface area contributed by atoms with E-state index in [2.05, 4.69) is 25.7 Å². The van der Waals surface area contributed by atoms with Gasteiger partial charge in [0.1, 0.15) is 10.5 Å². The van der Waals surface area contributed by atoms with E-state index in [1.54, 1.807) is 15.3 Å². The third-order valence-corrected chi connectivity index (χ3v) is 6.82. The Bertz CT molecular complexity index is 1420. The monoisotopic (exact) mass is 443 g/mol. The van der Waals surface area contributed by atoms with Gasteiger partial charge in [0.15, 0.2) is 5.65 Å². The molecule has 5 aromatic rings. The van der Waals surface area contributed by atoms with Crippen molar-refractivity contribution < 1.29 is 0 Å².